The van der Waals surface area contributed by atoms with E-state index in [0.29, 0.717) is 13.1 Å². The number of guanidine groups is 1. The van der Waals surface area contributed by atoms with Crippen molar-refractivity contribution < 1.29 is 9.47 Å². The second-order valence-electron chi connectivity index (χ2n) is 7.59. The molecule has 0 aliphatic carbocycles. The number of nitrogens with zero attached hydrogens (tertiary/aromatic N) is 2. The Bertz CT molecular complexity index is 801. The van der Waals surface area contributed by atoms with Crippen molar-refractivity contribution in [3.05, 3.63) is 59.7 Å². The average Bonchev–Trinajstić information content (AvgIpc) is 2.77. The Morgan fingerprint density at radius 2 is 1.90 bits per heavy atom. The number of rotatable bonds is 8. The number of benzene rings is 2. The molecule has 1 saturated heterocycles. The van der Waals surface area contributed by atoms with Gasteiger partial charge in [0.1, 0.15) is 11.9 Å². The Morgan fingerprint density at radius 1 is 1.13 bits per heavy atom. The molecule has 2 aromatic rings. The average molecular weight is 411 g/mol. The van der Waals surface area contributed by atoms with Crippen LogP contribution in [0.15, 0.2) is 53.5 Å². The SMILES string of the molecule is CCNC(=NCc1ccc(N2CCOCC2)cc1)NCC(C)Oc1cccc(C)c1. The van der Waals surface area contributed by atoms with Crippen LogP contribution in [0, 0.1) is 6.92 Å². The quantitative estimate of drug-likeness (QED) is 0.516. The van der Waals surface area contributed by atoms with E-state index in [1.807, 2.05) is 12.1 Å². The van der Waals surface area contributed by atoms with Crippen LogP contribution in [-0.4, -0.2) is 51.5 Å². The van der Waals surface area contributed by atoms with E-state index in [1.54, 1.807) is 0 Å². The number of nitrogens with one attached hydrogen (secondary N) is 2. The first-order valence-electron chi connectivity index (χ1n) is 10.8. The zero-order chi connectivity index (χ0) is 21.2. The Hall–Kier alpha value is -2.73. The fourth-order valence-corrected chi connectivity index (χ4v) is 3.35. The number of aliphatic imine (C=N–C) groups is 1. The zero-order valence-electron chi connectivity index (χ0n) is 18.4. The fourth-order valence-electron chi connectivity index (χ4n) is 3.35. The summed E-state index contributed by atoms with van der Waals surface area (Å²) < 4.78 is 11.4. The summed E-state index contributed by atoms with van der Waals surface area (Å²) in [6.07, 6.45) is 0.0310. The lowest BCUT2D eigenvalue weighted by Crippen LogP contribution is -2.41. The first kappa shape index (κ1) is 22.0. The third kappa shape index (κ3) is 6.95. The highest BCUT2D eigenvalue weighted by molar-refractivity contribution is 5.79. The van der Waals surface area contributed by atoms with Crippen molar-refractivity contribution in [3.63, 3.8) is 0 Å². The molecule has 6 nitrogen and oxygen atoms in total. The maximum atomic E-state index is 6.00. The van der Waals surface area contributed by atoms with Crippen LogP contribution in [0.2, 0.25) is 0 Å². The first-order valence-corrected chi connectivity index (χ1v) is 10.8. The molecule has 2 aromatic carbocycles. The maximum absolute atomic E-state index is 6.00. The lowest BCUT2D eigenvalue weighted by Gasteiger charge is -2.28. The van der Waals surface area contributed by atoms with Crippen molar-refractivity contribution in [3.8, 4) is 5.75 Å². The number of morpholine rings is 1. The van der Waals surface area contributed by atoms with Crippen LogP contribution in [0.3, 0.4) is 0 Å². The lowest BCUT2D eigenvalue weighted by atomic mass is 10.2. The maximum Gasteiger partial charge on any atom is 0.191 e. The van der Waals surface area contributed by atoms with E-state index in [9.17, 15) is 0 Å². The summed E-state index contributed by atoms with van der Waals surface area (Å²) >= 11 is 0. The number of hydrogen-bond acceptors (Lipinski definition) is 4. The van der Waals surface area contributed by atoms with Gasteiger partial charge in [-0.1, -0.05) is 24.3 Å². The van der Waals surface area contributed by atoms with Gasteiger partial charge in [0.05, 0.1) is 26.3 Å². The number of aryl methyl sites for hydroxylation is 1. The topological polar surface area (TPSA) is 58.1 Å². The molecule has 162 valence electrons. The van der Waals surface area contributed by atoms with Crippen LogP contribution in [0.4, 0.5) is 5.69 Å². The van der Waals surface area contributed by atoms with Gasteiger partial charge < -0.3 is 25.0 Å². The van der Waals surface area contributed by atoms with Gasteiger partial charge in [0.15, 0.2) is 5.96 Å². The summed E-state index contributed by atoms with van der Waals surface area (Å²) in [6.45, 7) is 11.8. The predicted molar refractivity (Wildman–Crippen MR) is 124 cm³/mol. The Morgan fingerprint density at radius 3 is 2.60 bits per heavy atom. The molecule has 1 unspecified atom stereocenters. The minimum atomic E-state index is 0.0310. The van der Waals surface area contributed by atoms with Gasteiger partial charge in [0, 0.05) is 25.3 Å². The molecular formula is C24H34N4O2. The molecule has 30 heavy (non-hydrogen) atoms. The van der Waals surface area contributed by atoms with Gasteiger partial charge in [-0.25, -0.2) is 4.99 Å². The van der Waals surface area contributed by atoms with Crippen LogP contribution >= 0.6 is 0 Å². The zero-order valence-corrected chi connectivity index (χ0v) is 18.4. The molecule has 1 aliphatic rings. The molecule has 2 N–H and O–H groups in total. The van der Waals surface area contributed by atoms with E-state index < -0.39 is 0 Å². The molecule has 0 radical (unpaired) electrons. The molecular weight excluding hydrogens is 376 g/mol. The minimum absolute atomic E-state index is 0.0310. The molecule has 0 spiro atoms. The molecule has 1 heterocycles. The smallest absolute Gasteiger partial charge is 0.191 e. The van der Waals surface area contributed by atoms with Crippen molar-refractivity contribution in [2.24, 2.45) is 4.99 Å². The molecule has 1 aliphatic heterocycles. The largest absolute Gasteiger partial charge is 0.489 e. The third-order valence-corrected chi connectivity index (χ3v) is 4.96. The van der Waals surface area contributed by atoms with Crippen LogP contribution in [0.1, 0.15) is 25.0 Å². The van der Waals surface area contributed by atoms with E-state index in [4.69, 9.17) is 14.5 Å². The monoisotopic (exact) mass is 410 g/mol. The molecule has 0 aromatic heterocycles. The van der Waals surface area contributed by atoms with E-state index in [1.165, 1.54) is 16.8 Å². The summed E-state index contributed by atoms with van der Waals surface area (Å²) in [7, 11) is 0. The highest BCUT2D eigenvalue weighted by Crippen LogP contribution is 2.17. The van der Waals surface area contributed by atoms with Gasteiger partial charge in [-0.3, -0.25) is 0 Å². The van der Waals surface area contributed by atoms with Crippen LogP contribution in [0.5, 0.6) is 5.75 Å². The molecule has 1 atom stereocenters. The summed E-state index contributed by atoms with van der Waals surface area (Å²) in [5, 5.41) is 6.69. The lowest BCUT2D eigenvalue weighted by molar-refractivity contribution is 0.122. The van der Waals surface area contributed by atoms with Gasteiger partial charge in [0.2, 0.25) is 0 Å². The van der Waals surface area contributed by atoms with E-state index in [2.05, 4.69) is 72.7 Å². The van der Waals surface area contributed by atoms with Gasteiger partial charge in [-0.05, 0) is 56.2 Å². The standard InChI is InChI=1S/C24H34N4O2/c1-4-25-24(26-17-20(3)30-23-7-5-6-19(2)16-23)27-18-21-8-10-22(11-9-21)28-12-14-29-15-13-28/h5-11,16,20H,4,12-15,17-18H2,1-3H3,(H2,25,26,27). The highest BCUT2D eigenvalue weighted by Gasteiger charge is 2.11. The molecule has 6 heteroatoms. The highest BCUT2D eigenvalue weighted by atomic mass is 16.5. The van der Waals surface area contributed by atoms with E-state index >= 15 is 0 Å². The van der Waals surface area contributed by atoms with E-state index in [-0.39, 0.29) is 6.10 Å². The van der Waals surface area contributed by atoms with Gasteiger partial charge in [-0.15, -0.1) is 0 Å². The fraction of sp³-hybridized carbons (Fsp3) is 0.458. The normalized spacial score (nSPS) is 15.6. The van der Waals surface area contributed by atoms with Crippen LogP contribution < -0.4 is 20.3 Å². The van der Waals surface area contributed by atoms with Crippen molar-refractivity contribution in [2.75, 3.05) is 44.3 Å². The summed E-state index contributed by atoms with van der Waals surface area (Å²) in [5.41, 5.74) is 3.63. The minimum Gasteiger partial charge on any atom is -0.489 e. The summed E-state index contributed by atoms with van der Waals surface area (Å²) in [5.74, 6) is 1.70. The Balaban J connectivity index is 1.50. The second-order valence-corrected chi connectivity index (χ2v) is 7.59. The number of hydrogen-bond donors (Lipinski definition) is 2. The van der Waals surface area contributed by atoms with Crippen LogP contribution in [0.25, 0.3) is 0 Å². The van der Waals surface area contributed by atoms with Crippen molar-refractivity contribution in [1.82, 2.24) is 10.6 Å². The van der Waals surface area contributed by atoms with Gasteiger partial charge >= 0.3 is 0 Å². The Labute approximate surface area is 180 Å². The number of ether oxygens (including phenoxy) is 2. The van der Waals surface area contributed by atoms with Crippen molar-refractivity contribution >= 4 is 11.6 Å². The summed E-state index contributed by atoms with van der Waals surface area (Å²) in [4.78, 5) is 7.08. The number of anilines is 1. The van der Waals surface area contributed by atoms with Crippen LogP contribution in [-0.2, 0) is 11.3 Å². The van der Waals surface area contributed by atoms with Gasteiger partial charge in [-0.2, -0.15) is 0 Å². The molecule has 0 bridgehead atoms. The Kier molecular flexibility index (Phi) is 8.39. The van der Waals surface area contributed by atoms with Crippen molar-refractivity contribution in [2.45, 2.75) is 33.4 Å². The molecule has 0 amide bonds. The van der Waals surface area contributed by atoms with Gasteiger partial charge in [0.25, 0.3) is 0 Å². The first-order chi connectivity index (χ1) is 14.6. The molecule has 0 saturated carbocycles. The molecule has 1 fully saturated rings. The van der Waals surface area contributed by atoms with Crippen molar-refractivity contribution in [1.29, 1.82) is 0 Å². The van der Waals surface area contributed by atoms with E-state index in [0.717, 1.165) is 44.6 Å². The second kappa shape index (κ2) is 11.5. The third-order valence-electron chi connectivity index (χ3n) is 4.96. The molecule has 3 rings (SSSR count). The predicted octanol–water partition coefficient (Wildman–Crippen LogP) is 3.35. The summed E-state index contributed by atoms with van der Waals surface area (Å²) in [6, 6.07) is 16.8.